The highest BCUT2D eigenvalue weighted by Gasteiger charge is 2.18. The van der Waals surface area contributed by atoms with Gasteiger partial charge in [-0.15, -0.1) is 11.3 Å². The molecule has 0 radical (unpaired) electrons. The Labute approximate surface area is 117 Å². The number of nitrogens with one attached hydrogen (secondary N) is 1. The average molecular weight is 275 g/mol. The second kappa shape index (κ2) is 5.23. The molecule has 1 aliphatic rings. The van der Waals surface area contributed by atoms with Gasteiger partial charge in [-0.2, -0.15) is 0 Å². The molecule has 2 heterocycles. The number of fused-ring (bicyclic) bond motifs is 1. The van der Waals surface area contributed by atoms with Gasteiger partial charge in [0.05, 0.1) is 6.04 Å². The minimum Gasteiger partial charge on any atom is -0.486 e. The van der Waals surface area contributed by atoms with Crippen molar-refractivity contribution in [2.75, 3.05) is 20.3 Å². The Bertz CT molecular complexity index is 579. The van der Waals surface area contributed by atoms with Gasteiger partial charge < -0.3 is 14.8 Å². The lowest BCUT2D eigenvalue weighted by atomic mass is 9.99. The quantitative estimate of drug-likeness (QED) is 0.933. The third-order valence-corrected chi connectivity index (χ3v) is 4.26. The highest BCUT2D eigenvalue weighted by Crippen LogP contribution is 2.35. The summed E-state index contributed by atoms with van der Waals surface area (Å²) in [6.07, 6.45) is 0. The second-order valence-electron chi connectivity index (χ2n) is 4.56. The molecule has 0 amide bonds. The minimum absolute atomic E-state index is 0.196. The van der Waals surface area contributed by atoms with E-state index < -0.39 is 0 Å². The lowest BCUT2D eigenvalue weighted by Crippen LogP contribution is -2.19. The van der Waals surface area contributed by atoms with Crippen LogP contribution < -0.4 is 14.8 Å². The van der Waals surface area contributed by atoms with Gasteiger partial charge in [-0.05, 0) is 48.7 Å². The van der Waals surface area contributed by atoms with Crippen LogP contribution in [0, 0.1) is 6.92 Å². The Morgan fingerprint density at radius 2 is 1.95 bits per heavy atom. The van der Waals surface area contributed by atoms with Gasteiger partial charge >= 0.3 is 0 Å². The minimum atomic E-state index is 0.196. The van der Waals surface area contributed by atoms with Gasteiger partial charge in [0.1, 0.15) is 13.2 Å². The number of hydrogen-bond acceptors (Lipinski definition) is 4. The van der Waals surface area contributed by atoms with E-state index in [1.165, 1.54) is 16.0 Å². The maximum absolute atomic E-state index is 5.66. The first-order chi connectivity index (χ1) is 9.29. The number of aryl methyl sites for hydroxylation is 1. The van der Waals surface area contributed by atoms with Crippen LogP contribution in [0.3, 0.4) is 0 Å². The fraction of sp³-hybridized carbons (Fsp3) is 0.333. The molecule has 19 heavy (non-hydrogen) atoms. The van der Waals surface area contributed by atoms with Gasteiger partial charge in [-0.3, -0.25) is 0 Å². The molecular weight excluding hydrogens is 258 g/mol. The molecule has 1 aromatic carbocycles. The Balaban J connectivity index is 1.98. The van der Waals surface area contributed by atoms with Crippen molar-refractivity contribution in [2.45, 2.75) is 13.0 Å². The second-order valence-corrected chi connectivity index (χ2v) is 5.68. The maximum atomic E-state index is 5.66. The van der Waals surface area contributed by atoms with E-state index in [0.717, 1.165) is 11.5 Å². The molecule has 0 bridgehead atoms. The Morgan fingerprint density at radius 3 is 2.63 bits per heavy atom. The summed E-state index contributed by atoms with van der Waals surface area (Å²) in [6, 6.07) is 8.55. The summed E-state index contributed by atoms with van der Waals surface area (Å²) >= 11 is 1.78. The molecule has 0 aliphatic carbocycles. The number of benzene rings is 1. The number of thiophene rings is 1. The van der Waals surface area contributed by atoms with E-state index in [4.69, 9.17) is 9.47 Å². The van der Waals surface area contributed by atoms with Crippen molar-refractivity contribution in [3.63, 3.8) is 0 Å². The van der Waals surface area contributed by atoms with Gasteiger partial charge in [-0.25, -0.2) is 0 Å². The molecule has 0 fully saturated rings. The van der Waals surface area contributed by atoms with E-state index >= 15 is 0 Å². The molecule has 0 saturated carbocycles. The molecule has 4 heteroatoms. The molecular formula is C15H17NO2S. The first kappa shape index (κ1) is 12.5. The SMILES string of the molecule is CNC(c1ccc2c(c1)OCCO2)c1ccsc1C. The summed E-state index contributed by atoms with van der Waals surface area (Å²) in [7, 11) is 1.98. The molecule has 1 atom stereocenters. The molecule has 1 N–H and O–H groups in total. The van der Waals surface area contributed by atoms with E-state index in [0.29, 0.717) is 13.2 Å². The van der Waals surface area contributed by atoms with Crippen LogP contribution in [0.15, 0.2) is 29.6 Å². The van der Waals surface area contributed by atoms with E-state index in [1.54, 1.807) is 11.3 Å². The van der Waals surface area contributed by atoms with Crippen LogP contribution in [-0.2, 0) is 0 Å². The van der Waals surface area contributed by atoms with E-state index in [2.05, 4.69) is 35.8 Å². The lowest BCUT2D eigenvalue weighted by Gasteiger charge is -2.22. The van der Waals surface area contributed by atoms with Crippen LogP contribution in [0.25, 0.3) is 0 Å². The molecule has 1 unspecified atom stereocenters. The van der Waals surface area contributed by atoms with Crippen LogP contribution in [0.2, 0.25) is 0 Å². The normalized spacial score (nSPS) is 15.3. The molecule has 3 rings (SSSR count). The zero-order valence-electron chi connectivity index (χ0n) is 11.1. The van der Waals surface area contributed by atoms with Crippen LogP contribution >= 0.6 is 11.3 Å². The molecule has 0 spiro atoms. The first-order valence-electron chi connectivity index (χ1n) is 6.40. The predicted octanol–water partition coefficient (Wildman–Crippen LogP) is 3.14. The molecule has 1 aromatic heterocycles. The smallest absolute Gasteiger partial charge is 0.161 e. The molecule has 0 saturated heterocycles. The highest BCUT2D eigenvalue weighted by molar-refractivity contribution is 7.10. The van der Waals surface area contributed by atoms with Gasteiger partial charge in [-0.1, -0.05) is 6.07 Å². The summed E-state index contributed by atoms with van der Waals surface area (Å²) < 4.78 is 11.2. The Hall–Kier alpha value is -1.52. The van der Waals surface area contributed by atoms with Gasteiger partial charge in [0, 0.05) is 4.88 Å². The van der Waals surface area contributed by atoms with Crippen molar-refractivity contribution >= 4 is 11.3 Å². The number of rotatable bonds is 3. The van der Waals surface area contributed by atoms with Crippen molar-refractivity contribution in [1.29, 1.82) is 0 Å². The largest absolute Gasteiger partial charge is 0.486 e. The van der Waals surface area contributed by atoms with Gasteiger partial charge in [0.15, 0.2) is 11.5 Å². The van der Waals surface area contributed by atoms with Gasteiger partial charge in [0.25, 0.3) is 0 Å². The predicted molar refractivity (Wildman–Crippen MR) is 77.4 cm³/mol. The monoisotopic (exact) mass is 275 g/mol. The van der Waals surface area contributed by atoms with Crippen molar-refractivity contribution in [3.8, 4) is 11.5 Å². The Morgan fingerprint density at radius 1 is 1.16 bits per heavy atom. The van der Waals surface area contributed by atoms with Crippen LogP contribution in [-0.4, -0.2) is 20.3 Å². The molecule has 2 aromatic rings. The fourth-order valence-electron chi connectivity index (χ4n) is 2.44. The summed E-state index contributed by atoms with van der Waals surface area (Å²) in [5, 5.41) is 5.51. The van der Waals surface area contributed by atoms with Crippen molar-refractivity contribution in [3.05, 3.63) is 45.6 Å². The van der Waals surface area contributed by atoms with Crippen molar-refractivity contribution in [2.24, 2.45) is 0 Å². The van der Waals surface area contributed by atoms with Crippen LogP contribution in [0.5, 0.6) is 11.5 Å². The zero-order chi connectivity index (χ0) is 13.2. The average Bonchev–Trinajstić information content (AvgIpc) is 2.86. The summed E-state index contributed by atoms with van der Waals surface area (Å²) in [5.41, 5.74) is 2.53. The number of hydrogen-bond donors (Lipinski definition) is 1. The van der Waals surface area contributed by atoms with E-state index in [1.807, 2.05) is 13.1 Å². The zero-order valence-corrected chi connectivity index (χ0v) is 11.9. The fourth-order valence-corrected chi connectivity index (χ4v) is 3.18. The van der Waals surface area contributed by atoms with Crippen LogP contribution in [0.4, 0.5) is 0 Å². The van der Waals surface area contributed by atoms with Crippen LogP contribution in [0.1, 0.15) is 22.0 Å². The van der Waals surface area contributed by atoms with E-state index in [9.17, 15) is 0 Å². The topological polar surface area (TPSA) is 30.5 Å². The highest BCUT2D eigenvalue weighted by atomic mass is 32.1. The van der Waals surface area contributed by atoms with E-state index in [-0.39, 0.29) is 6.04 Å². The van der Waals surface area contributed by atoms with Crippen molar-refractivity contribution < 1.29 is 9.47 Å². The number of ether oxygens (including phenoxy) is 2. The third kappa shape index (κ3) is 2.33. The third-order valence-electron chi connectivity index (χ3n) is 3.40. The molecule has 100 valence electrons. The van der Waals surface area contributed by atoms with Crippen molar-refractivity contribution in [1.82, 2.24) is 5.32 Å². The first-order valence-corrected chi connectivity index (χ1v) is 7.28. The summed E-state index contributed by atoms with van der Waals surface area (Å²) in [4.78, 5) is 1.34. The summed E-state index contributed by atoms with van der Waals surface area (Å²) in [6.45, 7) is 3.41. The molecule has 3 nitrogen and oxygen atoms in total. The Kier molecular flexibility index (Phi) is 3.44. The molecule has 1 aliphatic heterocycles. The van der Waals surface area contributed by atoms with Gasteiger partial charge in [0.2, 0.25) is 0 Å². The standard InChI is InChI=1S/C15H17NO2S/c1-10-12(5-8-19-10)15(16-2)11-3-4-13-14(9-11)18-7-6-17-13/h3-5,8-9,15-16H,6-7H2,1-2H3. The maximum Gasteiger partial charge on any atom is 0.161 e. The summed E-state index contributed by atoms with van der Waals surface area (Å²) in [5.74, 6) is 1.68. The lowest BCUT2D eigenvalue weighted by molar-refractivity contribution is 0.171.